The van der Waals surface area contributed by atoms with Gasteiger partial charge in [-0.15, -0.1) is 0 Å². The van der Waals surface area contributed by atoms with Crippen molar-refractivity contribution in [2.75, 3.05) is 19.6 Å². The first-order valence-electron chi connectivity index (χ1n) is 7.67. The van der Waals surface area contributed by atoms with Crippen molar-refractivity contribution in [2.45, 2.75) is 77.2 Å². The van der Waals surface area contributed by atoms with Gasteiger partial charge in [-0.2, -0.15) is 0 Å². The lowest BCUT2D eigenvalue weighted by Gasteiger charge is -2.36. The summed E-state index contributed by atoms with van der Waals surface area (Å²) in [7, 11) is 0. The number of ether oxygens (including phenoxy) is 1. The molecule has 2 aliphatic rings. The Morgan fingerprint density at radius 1 is 1.28 bits per heavy atom. The lowest BCUT2D eigenvalue weighted by atomic mass is 9.98. The summed E-state index contributed by atoms with van der Waals surface area (Å²) in [5.41, 5.74) is 0.273. The van der Waals surface area contributed by atoms with E-state index < -0.39 is 0 Å². The third-order valence-electron chi connectivity index (χ3n) is 4.83. The highest BCUT2D eigenvalue weighted by Crippen LogP contribution is 2.24. The fourth-order valence-electron chi connectivity index (χ4n) is 3.19. The zero-order valence-electron chi connectivity index (χ0n) is 12.5. The summed E-state index contributed by atoms with van der Waals surface area (Å²) in [4.78, 5) is 2.65. The molecule has 2 saturated heterocycles. The molecule has 2 rings (SSSR count). The van der Waals surface area contributed by atoms with Crippen LogP contribution in [0, 0.1) is 0 Å². The van der Waals surface area contributed by atoms with Crippen LogP contribution in [0.4, 0.5) is 0 Å². The quantitative estimate of drug-likeness (QED) is 0.837. The number of hydrogen-bond donors (Lipinski definition) is 1. The number of rotatable bonds is 3. The maximum Gasteiger partial charge on any atom is 0.0706 e. The molecule has 0 amide bonds. The van der Waals surface area contributed by atoms with Crippen LogP contribution in [0.3, 0.4) is 0 Å². The van der Waals surface area contributed by atoms with Crippen LogP contribution in [0.15, 0.2) is 0 Å². The Kier molecular flexibility index (Phi) is 4.68. The molecule has 3 heteroatoms. The van der Waals surface area contributed by atoms with Crippen molar-refractivity contribution in [3.05, 3.63) is 0 Å². The minimum absolute atomic E-state index is 0.273. The highest BCUT2D eigenvalue weighted by Gasteiger charge is 2.33. The molecule has 18 heavy (non-hydrogen) atoms. The summed E-state index contributed by atoms with van der Waals surface area (Å²) in [6.07, 6.45) is 5.84. The van der Waals surface area contributed by atoms with Gasteiger partial charge in [0.25, 0.3) is 0 Å². The Hall–Kier alpha value is -0.120. The number of hydrogen-bond acceptors (Lipinski definition) is 3. The second kappa shape index (κ2) is 5.89. The van der Waals surface area contributed by atoms with E-state index in [4.69, 9.17) is 4.74 Å². The fraction of sp³-hybridized carbons (Fsp3) is 1.00. The molecule has 1 N–H and O–H groups in total. The van der Waals surface area contributed by atoms with Gasteiger partial charge in [0.2, 0.25) is 0 Å². The van der Waals surface area contributed by atoms with Gasteiger partial charge in [-0.25, -0.2) is 0 Å². The van der Waals surface area contributed by atoms with Crippen molar-refractivity contribution in [2.24, 2.45) is 0 Å². The van der Waals surface area contributed by atoms with Crippen LogP contribution < -0.4 is 5.32 Å². The Morgan fingerprint density at radius 3 is 2.67 bits per heavy atom. The molecule has 2 heterocycles. The highest BCUT2D eigenvalue weighted by molar-refractivity contribution is 4.91. The van der Waals surface area contributed by atoms with Crippen molar-refractivity contribution in [3.63, 3.8) is 0 Å². The molecule has 106 valence electrons. The summed E-state index contributed by atoms with van der Waals surface area (Å²) in [6.45, 7) is 12.6. The molecule has 0 aromatic carbocycles. The van der Waals surface area contributed by atoms with Gasteiger partial charge in [0, 0.05) is 24.7 Å². The maximum absolute atomic E-state index is 5.99. The topological polar surface area (TPSA) is 24.5 Å². The third kappa shape index (κ3) is 3.46. The molecule has 4 atom stereocenters. The summed E-state index contributed by atoms with van der Waals surface area (Å²) >= 11 is 0. The van der Waals surface area contributed by atoms with E-state index in [0.29, 0.717) is 18.2 Å². The predicted octanol–water partition coefficient (Wildman–Crippen LogP) is 2.41. The van der Waals surface area contributed by atoms with Crippen molar-refractivity contribution in [1.29, 1.82) is 0 Å². The van der Waals surface area contributed by atoms with Crippen molar-refractivity contribution in [1.82, 2.24) is 10.2 Å². The van der Waals surface area contributed by atoms with Gasteiger partial charge in [-0.3, -0.25) is 4.90 Å². The van der Waals surface area contributed by atoms with E-state index in [2.05, 4.69) is 37.9 Å². The van der Waals surface area contributed by atoms with Gasteiger partial charge < -0.3 is 10.1 Å². The molecule has 3 nitrogen and oxygen atoms in total. The normalized spacial score (nSPS) is 43.0. The molecule has 0 spiro atoms. The average molecular weight is 254 g/mol. The van der Waals surface area contributed by atoms with Crippen LogP contribution in [0.2, 0.25) is 0 Å². The second-order valence-corrected chi connectivity index (χ2v) is 6.55. The van der Waals surface area contributed by atoms with E-state index in [1.165, 1.54) is 25.7 Å². The first-order valence-corrected chi connectivity index (χ1v) is 7.67. The lowest BCUT2D eigenvalue weighted by Crippen LogP contribution is -2.50. The standard InChI is InChI=1S/C15H30N2O/c1-5-15(4)11-17(12(2)8-9-16-15)10-14-7-6-13(3)18-14/h12-14,16H,5-11H2,1-4H3. The first kappa shape index (κ1) is 14.3. The monoisotopic (exact) mass is 254 g/mol. The maximum atomic E-state index is 5.99. The first-order chi connectivity index (χ1) is 8.52. The van der Waals surface area contributed by atoms with E-state index in [9.17, 15) is 0 Å². The van der Waals surface area contributed by atoms with E-state index >= 15 is 0 Å². The molecule has 2 fully saturated rings. The van der Waals surface area contributed by atoms with E-state index in [1.807, 2.05) is 0 Å². The van der Waals surface area contributed by atoms with Gasteiger partial charge in [0.1, 0.15) is 0 Å². The lowest BCUT2D eigenvalue weighted by molar-refractivity contribution is 0.0191. The second-order valence-electron chi connectivity index (χ2n) is 6.55. The highest BCUT2D eigenvalue weighted by atomic mass is 16.5. The molecule has 0 bridgehead atoms. The summed E-state index contributed by atoms with van der Waals surface area (Å²) < 4.78 is 5.99. The van der Waals surface area contributed by atoms with Gasteiger partial charge >= 0.3 is 0 Å². The fourth-order valence-corrected chi connectivity index (χ4v) is 3.19. The zero-order valence-corrected chi connectivity index (χ0v) is 12.5. The van der Waals surface area contributed by atoms with Crippen LogP contribution >= 0.6 is 0 Å². The Morgan fingerprint density at radius 2 is 2.06 bits per heavy atom. The van der Waals surface area contributed by atoms with Gasteiger partial charge in [0.15, 0.2) is 0 Å². The van der Waals surface area contributed by atoms with E-state index in [0.717, 1.165) is 19.6 Å². The Bertz CT molecular complexity index is 271. The van der Waals surface area contributed by atoms with Gasteiger partial charge in [0.05, 0.1) is 12.2 Å². The van der Waals surface area contributed by atoms with Gasteiger partial charge in [-0.1, -0.05) is 6.92 Å². The zero-order chi connectivity index (χ0) is 13.2. The molecule has 0 aromatic heterocycles. The Balaban J connectivity index is 1.95. The van der Waals surface area contributed by atoms with Crippen molar-refractivity contribution < 1.29 is 4.74 Å². The molecular formula is C15H30N2O. The summed E-state index contributed by atoms with van der Waals surface area (Å²) in [6, 6.07) is 0.672. The minimum atomic E-state index is 0.273. The average Bonchev–Trinajstić information content (AvgIpc) is 2.67. The molecule has 0 radical (unpaired) electrons. The molecular weight excluding hydrogens is 224 g/mol. The molecule has 4 unspecified atom stereocenters. The largest absolute Gasteiger partial charge is 0.374 e. The van der Waals surface area contributed by atoms with E-state index in [1.54, 1.807) is 0 Å². The van der Waals surface area contributed by atoms with Gasteiger partial charge in [-0.05, 0) is 53.0 Å². The van der Waals surface area contributed by atoms with Crippen LogP contribution in [-0.2, 0) is 4.74 Å². The molecule has 2 aliphatic heterocycles. The molecule has 0 aromatic rings. The van der Waals surface area contributed by atoms with Crippen LogP contribution in [0.25, 0.3) is 0 Å². The smallest absolute Gasteiger partial charge is 0.0706 e. The third-order valence-corrected chi connectivity index (χ3v) is 4.83. The summed E-state index contributed by atoms with van der Waals surface area (Å²) in [5.74, 6) is 0. The minimum Gasteiger partial charge on any atom is -0.374 e. The van der Waals surface area contributed by atoms with Crippen molar-refractivity contribution >= 4 is 0 Å². The van der Waals surface area contributed by atoms with E-state index in [-0.39, 0.29) is 5.54 Å². The molecule has 0 saturated carbocycles. The molecule has 0 aliphatic carbocycles. The van der Waals surface area contributed by atoms with Crippen LogP contribution in [0.1, 0.15) is 53.4 Å². The number of nitrogens with one attached hydrogen (secondary N) is 1. The predicted molar refractivity (Wildman–Crippen MR) is 75.9 cm³/mol. The van der Waals surface area contributed by atoms with Crippen LogP contribution in [-0.4, -0.2) is 48.3 Å². The Labute approximate surface area is 112 Å². The van der Waals surface area contributed by atoms with Crippen LogP contribution in [0.5, 0.6) is 0 Å². The SMILES string of the molecule is CCC1(C)CN(CC2CCC(C)O2)C(C)CCN1. The number of nitrogens with zero attached hydrogens (tertiary/aromatic N) is 1. The van der Waals surface area contributed by atoms with Crippen molar-refractivity contribution in [3.8, 4) is 0 Å². The summed E-state index contributed by atoms with van der Waals surface area (Å²) in [5, 5.41) is 3.72.